The molecule has 194 valence electrons. The Labute approximate surface area is 210 Å². The van der Waals surface area contributed by atoms with Gasteiger partial charge in [-0.1, -0.05) is 24.3 Å². The first kappa shape index (κ1) is 25.0. The zero-order chi connectivity index (χ0) is 25.1. The molecule has 5 rings (SSSR count). The molecular weight excluding hydrogens is 488 g/mol. The molecule has 2 saturated heterocycles. The van der Waals surface area contributed by atoms with Crippen molar-refractivity contribution in [2.45, 2.75) is 55.1 Å². The van der Waals surface area contributed by atoms with Crippen molar-refractivity contribution in [2.75, 3.05) is 26.6 Å². The molecule has 1 amide bonds. The van der Waals surface area contributed by atoms with Crippen LogP contribution in [0.1, 0.15) is 24.8 Å². The number of hydrogen-bond acceptors (Lipinski definition) is 8. The Morgan fingerprint density at radius 2 is 1.86 bits per heavy atom. The highest BCUT2D eigenvalue weighted by Gasteiger charge is 2.43. The second-order valence-electron chi connectivity index (χ2n) is 9.19. The second kappa shape index (κ2) is 10.7. The molecule has 2 aromatic carbocycles. The summed E-state index contributed by atoms with van der Waals surface area (Å²) in [4.78, 5) is 12.8. The van der Waals surface area contributed by atoms with Crippen molar-refractivity contribution in [3.8, 4) is 11.5 Å². The number of carbonyl (C=O) groups is 1. The van der Waals surface area contributed by atoms with Crippen molar-refractivity contribution in [3.05, 3.63) is 54.1 Å². The fourth-order valence-corrected chi connectivity index (χ4v) is 6.57. The Bertz CT molecular complexity index is 1180. The summed E-state index contributed by atoms with van der Waals surface area (Å²) < 4.78 is 50.7. The maximum Gasteiger partial charge on any atom is 0.243 e. The summed E-state index contributed by atoms with van der Waals surface area (Å²) >= 11 is 0. The van der Waals surface area contributed by atoms with Crippen LogP contribution in [0.5, 0.6) is 11.5 Å². The van der Waals surface area contributed by atoms with Crippen molar-refractivity contribution in [2.24, 2.45) is 0 Å². The molecule has 3 aliphatic rings. The van der Waals surface area contributed by atoms with Crippen LogP contribution >= 0.6 is 0 Å². The van der Waals surface area contributed by atoms with E-state index in [1.54, 1.807) is 30.3 Å². The molecule has 0 radical (unpaired) electrons. The number of aliphatic hydroxyl groups excluding tert-OH is 1. The van der Waals surface area contributed by atoms with Gasteiger partial charge in [0.2, 0.25) is 22.7 Å². The Balaban J connectivity index is 1.22. The first-order valence-corrected chi connectivity index (χ1v) is 13.5. The number of fused-ring (bicyclic) bond motifs is 2. The van der Waals surface area contributed by atoms with E-state index in [0.717, 1.165) is 5.56 Å². The van der Waals surface area contributed by atoms with Crippen LogP contribution in [0.2, 0.25) is 0 Å². The molecule has 0 saturated carbocycles. The molecule has 2 N–H and O–H groups in total. The zero-order valence-electron chi connectivity index (χ0n) is 19.7. The number of nitrogens with one attached hydrogen (secondary N) is 1. The van der Waals surface area contributed by atoms with Crippen LogP contribution in [-0.4, -0.2) is 74.6 Å². The molecule has 0 spiro atoms. The van der Waals surface area contributed by atoms with Gasteiger partial charge in [0, 0.05) is 13.1 Å². The van der Waals surface area contributed by atoms with E-state index in [1.165, 1.54) is 4.31 Å². The van der Waals surface area contributed by atoms with Crippen LogP contribution in [0, 0.1) is 0 Å². The minimum absolute atomic E-state index is 0.00801. The van der Waals surface area contributed by atoms with Gasteiger partial charge in [-0.15, -0.1) is 0 Å². The summed E-state index contributed by atoms with van der Waals surface area (Å²) in [6.45, 7) is 0.603. The second-order valence-corrected chi connectivity index (χ2v) is 11.1. The van der Waals surface area contributed by atoms with E-state index < -0.39 is 28.3 Å². The minimum atomic E-state index is -3.85. The topological polar surface area (TPSA) is 124 Å². The van der Waals surface area contributed by atoms with E-state index in [9.17, 15) is 18.3 Å². The van der Waals surface area contributed by atoms with Crippen molar-refractivity contribution in [3.63, 3.8) is 0 Å². The third-order valence-corrected chi connectivity index (χ3v) is 8.53. The SMILES string of the molecule is O=C(C[C@@H]1CC[C@@H]2[C@H](COC[C@H](O)CN2S(=O)(=O)c2ccccc2)O1)NCc1ccc2c(c1)OCO2. The maximum absolute atomic E-state index is 13.4. The first-order valence-electron chi connectivity index (χ1n) is 12.0. The molecule has 2 fully saturated rings. The highest BCUT2D eigenvalue weighted by atomic mass is 32.2. The Morgan fingerprint density at radius 1 is 1.06 bits per heavy atom. The molecule has 0 aliphatic carbocycles. The number of sulfonamides is 1. The van der Waals surface area contributed by atoms with Gasteiger partial charge in [0.05, 0.1) is 48.9 Å². The van der Waals surface area contributed by atoms with Gasteiger partial charge >= 0.3 is 0 Å². The van der Waals surface area contributed by atoms with Crippen LogP contribution < -0.4 is 14.8 Å². The lowest BCUT2D eigenvalue weighted by Crippen LogP contribution is -2.57. The number of nitrogens with zero attached hydrogens (tertiary/aromatic N) is 1. The van der Waals surface area contributed by atoms with Crippen LogP contribution in [0.3, 0.4) is 0 Å². The zero-order valence-corrected chi connectivity index (χ0v) is 20.6. The number of hydrogen-bond donors (Lipinski definition) is 2. The van der Waals surface area contributed by atoms with E-state index in [-0.39, 0.29) is 49.9 Å². The summed E-state index contributed by atoms with van der Waals surface area (Å²) in [6, 6.07) is 13.2. The summed E-state index contributed by atoms with van der Waals surface area (Å²) in [5, 5.41) is 13.2. The van der Waals surface area contributed by atoms with E-state index in [2.05, 4.69) is 5.32 Å². The summed E-state index contributed by atoms with van der Waals surface area (Å²) in [5.41, 5.74) is 0.894. The lowest BCUT2D eigenvalue weighted by Gasteiger charge is -2.43. The van der Waals surface area contributed by atoms with Gasteiger partial charge in [-0.05, 0) is 42.7 Å². The number of rotatable bonds is 6. The third kappa shape index (κ3) is 5.50. The van der Waals surface area contributed by atoms with Gasteiger partial charge in [-0.25, -0.2) is 8.42 Å². The third-order valence-electron chi connectivity index (χ3n) is 6.62. The minimum Gasteiger partial charge on any atom is -0.454 e. The molecule has 3 heterocycles. The lowest BCUT2D eigenvalue weighted by atomic mass is 9.96. The average molecular weight is 519 g/mol. The molecule has 2 aromatic rings. The van der Waals surface area contributed by atoms with E-state index in [1.807, 2.05) is 18.2 Å². The number of ether oxygens (including phenoxy) is 4. The Kier molecular flexibility index (Phi) is 7.44. The Morgan fingerprint density at radius 3 is 2.69 bits per heavy atom. The standard InChI is InChI=1S/C25H30N2O8S/c28-18-13-27(36(30,31)20-4-2-1-3-5-20)21-8-7-19(35-24(21)15-32-14-18)11-25(29)26-12-17-6-9-22-23(10-17)34-16-33-22/h1-6,9-10,18-19,21,24,28H,7-8,11-16H2,(H,26,29)/t18-,19+,21-,24+/m1/s1. The summed E-state index contributed by atoms with van der Waals surface area (Å²) in [6.07, 6.45) is -0.692. The predicted octanol–water partition coefficient (Wildman–Crippen LogP) is 1.42. The number of β-amino-alcohol motifs (C(OH)–C–C–N with tert-alkyl or cyclic N) is 1. The number of carbonyl (C=O) groups excluding carboxylic acids is 1. The van der Waals surface area contributed by atoms with E-state index in [4.69, 9.17) is 18.9 Å². The molecule has 0 bridgehead atoms. The van der Waals surface area contributed by atoms with Gasteiger partial charge in [0.25, 0.3) is 0 Å². The van der Waals surface area contributed by atoms with Crippen LogP contribution in [0.25, 0.3) is 0 Å². The summed E-state index contributed by atoms with van der Waals surface area (Å²) in [7, 11) is -3.85. The van der Waals surface area contributed by atoms with Gasteiger partial charge in [0.1, 0.15) is 0 Å². The lowest BCUT2D eigenvalue weighted by molar-refractivity contribution is -0.146. The van der Waals surface area contributed by atoms with Gasteiger partial charge in [0.15, 0.2) is 11.5 Å². The molecule has 4 atom stereocenters. The predicted molar refractivity (Wildman–Crippen MR) is 128 cm³/mol. The molecular formula is C25H30N2O8S. The molecule has 0 unspecified atom stereocenters. The average Bonchev–Trinajstić information content (AvgIpc) is 3.34. The quantitative estimate of drug-likeness (QED) is 0.589. The van der Waals surface area contributed by atoms with Gasteiger partial charge < -0.3 is 29.4 Å². The smallest absolute Gasteiger partial charge is 0.243 e. The molecule has 10 nitrogen and oxygen atoms in total. The number of amides is 1. The number of aliphatic hydroxyl groups is 1. The summed E-state index contributed by atoms with van der Waals surface area (Å²) in [5.74, 6) is 1.19. The highest BCUT2D eigenvalue weighted by molar-refractivity contribution is 7.89. The largest absolute Gasteiger partial charge is 0.454 e. The van der Waals surface area contributed by atoms with Crippen molar-refractivity contribution in [1.29, 1.82) is 0 Å². The Hall–Kier alpha value is -2.70. The highest BCUT2D eigenvalue weighted by Crippen LogP contribution is 2.33. The molecule has 3 aliphatic heterocycles. The van der Waals surface area contributed by atoms with E-state index in [0.29, 0.717) is 30.9 Å². The van der Waals surface area contributed by atoms with Crippen LogP contribution in [0.15, 0.2) is 53.4 Å². The molecule has 11 heteroatoms. The molecule has 0 aromatic heterocycles. The van der Waals surface area contributed by atoms with E-state index >= 15 is 0 Å². The molecule has 36 heavy (non-hydrogen) atoms. The normalized spacial score (nSPS) is 26.5. The fourth-order valence-electron chi connectivity index (χ4n) is 4.83. The maximum atomic E-state index is 13.4. The van der Waals surface area contributed by atoms with Crippen molar-refractivity contribution < 1.29 is 37.3 Å². The first-order chi connectivity index (χ1) is 17.4. The van der Waals surface area contributed by atoms with Crippen LogP contribution in [-0.2, 0) is 30.8 Å². The van der Waals surface area contributed by atoms with Crippen molar-refractivity contribution in [1.82, 2.24) is 9.62 Å². The van der Waals surface area contributed by atoms with Gasteiger partial charge in [-0.3, -0.25) is 4.79 Å². The van der Waals surface area contributed by atoms with Gasteiger partial charge in [-0.2, -0.15) is 4.31 Å². The number of benzene rings is 2. The van der Waals surface area contributed by atoms with Crippen LogP contribution in [0.4, 0.5) is 0 Å². The monoisotopic (exact) mass is 518 g/mol. The van der Waals surface area contributed by atoms with Crippen molar-refractivity contribution >= 4 is 15.9 Å². The fraction of sp³-hybridized carbons (Fsp3) is 0.480.